The standard InChI is InChI=1S/C73H134O6/c1-4-7-10-13-16-19-22-25-28-31-32-33-34-35-36-37-38-39-40-41-42-43-46-48-51-54-57-60-63-66-72(75)78-69-70(79-73(76)67-64-61-58-55-52-49-45-30-27-24-21-18-15-12-9-6-3)68-77-71(74)65-62-59-56-53-50-47-44-29-26-23-20-17-14-11-8-5-2/h22,25,30-32,34-35,45,70H,4-21,23-24,26-29,33,36-44,46-69H2,1-3H3/b25-22-,32-31-,35-34-,45-30-. The van der Waals surface area contributed by atoms with Crippen LogP contribution in [0.2, 0.25) is 0 Å². The Bertz CT molecular complexity index is 1360. The van der Waals surface area contributed by atoms with Crippen molar-refractivity contribution in [2.75, 3.05) is 13.2 Å². The Morgan fingerprint density at radius 1 is 0.253 bits per heavy atom. The average molecular weight is 1110 g/mol. The van der Waals surface area contributed by atoms with Crippen molar-refractivity contribution in [1.29, 1.82) is 0 Å². The first kappa shape index (κ1) is 76.4. The van der Waals surface area contributed by atoms with E-state index in [1.807, 2.05) is 0 Å². The first-order chi connectivity index (χ1) is 39.0. The molecule has 79 heavy (non-hydrogen) atoms. The summed E-state index contributed by atoms with van der Waals surface area (Å²) in [6.07, 6.45) is 85.6. The van der Waals surface area contributed by atoms with Crippen molar-refractivity contribution in [3.05, 3.63) is 48.6 Å². The minimum atomic E-state index is -0.776. The van der Waals surface area contributed by atoms with E-state index in [9.17, 15) is 14.4 Å². The van der Waals surface area contributed by atoms with Gasteiger partial charge in [0.05, 0.1) is 0 Å². The maximum absolute atomic E-state index is 12.9. The van der Waals surface area contributed by atoms with Crippen molar-refractivity contribution in [3.63, 3.8) is 0 Å². The SMILES string of the molecule is CCCCCCC/C=C\C/C=C\C/C=C\CCCCCCCCCCCCCCCCC(=O)OCC(COC(=O)CCCCCCCCCCCCCCCCCC)OC(=O)CCCCCCC/C=C\CCCCCCCCC. The summed E-state index contributed by atoms with van der Waals surface area (Å²) in [4.78, 5) is 38.4. The zero-order valence-corrected chi connectivity index (χ0v) is 53.2. The first-order valence-corrected chi connectivity index (χ1v) is 35.1. The normalized spacial score (nSPS) is 12.3. The zero-order chi connectivity index (χ0) is 57.1. The third kappa shape index (κ3) is 66.1. The van der Waals surface area contributed by atoms with Crippen LogP contribution in [-0.2, 0) is 28.6 Å². The van der Waals surface area contributed by atoms with Crippen molar-refractivity contribution in [2.24, 2.45) is 0 Å². The van der Waals surface area contributed by atoms with E-state index < -0.39 is 6.10 Å². The van der Waals surface area contributed by atoms with Gasteiger partial charge in [-0.1, -0.05) is 326 Å². The molecule has 0 amide bonds. The molecular formula is C73H134O6. The molecule has 6 heteroatoms. The molecule has 0 N–H and O–H groups in total. The number of ether oxygens (including phenoxy) is 3. The highest BCUT2D eigenvalue weighted by Crippen LogP contribution is 2.18. The molecule has 0 aliphatic rings. The largest absolute Gasteiger partial charge is 0.462 e. The van der Waals surface area contributed by atoms with Crippen molar-refractivity contribution >= 4 is 17.9 Å². The van der Waals surface area contributed by atoms with Gasteiger partial charge in [-0.05, 0) is 83.5 Å². The number of allylic oxidation sites excluding steroid dienone is 8. The van der Waals surface area contributed by atoms with Crippen LogP contribution in [0.25, 0.3) is 0 Å². The average Bonchev–Trinajstić information content (AvgIpc) is 3.45. The minimum Gasteiger partial charge on any atom is -0.462 e. The van der Waals surface area contributed by atoms with Crippen LogP contribution in [0.5, 0.6) is 0 Å². The van der Waals surface area contributed by atoms with E-state index in [1.165, 1.54) is 263 Å². The van der Waals surface area contributed by atoms with Crippen molar-refractivity contribution in [3.8, 4) is 0 Å². The van der Waals surface area contributed by atoms with Gasteiger partial charge in [0.2, 0.25) is 0 Å². The number of carbonyl (C=O) groups excluding carboxylic acids is 3. The molecule has 0 radical (unpaired) electrons. The molecule has 1 atom stereocenters. The van der Waals surface area contributed by atoms with Gasteiger partial charge in [-0.25, -0.2) is 0 Å². The molecule has 462 valence electrons. The molecule has 0 saturated carbocycles. The lowest BCUT2D eigenvalue weighted by Crippen LogP contribution is -2.30. The fourth-order valence-electron chi connectivity index (χ4n) is 10.5. The number of carbonyl (C=O) groups is 3. The molecule has 0 heterocycles. The molecule has 0 aromatic heterocycles. The predicted octanol–water partition coefficient (Wildman–Crippen LogP) is 24.1. The van der Waals surface area contributed by atoms with E-state index in [0.29, 0.717) is 19.3 Å². The van der Waals surface area contributed by atoms with Crippen LogP contribution in [0, 0.1) is 0 Å². The number of hydrogen-bond acceptors (Lipinski definition) is 6. The van der Waals surface area contributed by atoms with E-state index in [4.69, 9.17) is 14.2 Å². The van der Waals surface area contributed by atoms with Gasteiger partial charge in [-0.3, -0.25) is 14.4 Å². The van der Waals surface area contributed by atoms with Crippen molar-refractivity contribution in [1.82, 2.24) is 0 Å². The highest BCUT2D eigenvalue weighted by molar-refractivity contribution is 5.71. The highest BCUT2D eigenvalue weighted by Gasteiger charge is 2.19. The Balaban J connectivity index is 4.23. The molecule has 1 unspecified atom stereocenters. The summed E-state index contributed by atoms with van der Waals surface area (Å²) in [6.45, 7) is 6.68. The summed E-state index contributed by atoms with van der Waals surface area (Å²) in [5.74, 6) is -0.854. The van der Waals surface area contributed by atoms with Gasteiger partial charge in [-0.15, -0.1) is 0 Å². The van der Waals surface area contributed by atoms with E-state index in [0.717, 1.165) is 77.0 Å². The van der Waals surface area contributed by atoms with Gasteiger partial charge in [0, 0.05) is 19.3 Å². The lowest BCUT2D eigenvalue weighted by atomic mass is 10.0. The third-order valence-corrected chi connectivity index (χ3v) is 15.8. The summed E-state index contributed by atoms with van der Waals surface area (Å²) in [5.41, 5.74) is 0. The summed E-state index contributed by atoms with van der Waals surface area (Å²) in [5, 5.41) is 0. The predicted molar refractivity (Wildman–Crippen MR) is 344 cm³/mol. The highest BCUT2D eigenvalue weighted by atomic mass is 16.6. The second-order valence-electron chi connectivity index (χ2n) is 23.8. The van der Waals surface area contributed by atoms with Crippen LogP contribution >= 0.6 is 0 Å². The van der Waals surface area contributed by atoms with Crippen LogP contribution in [0.15, 0.2) is 48.6 Å². The third-order valence-electron chi connectivity index (χ3n) is 15.8. The lowest BCUT2D eigenvalue weighted by molar-refractivity contribution is -0.167. The van der Waals surface area contributed by atoms with Crippen LogP contribution < -0.4 is 0 Å². The van der Waals surface area contributed by atoms with E-state index in [1.54, 1.807) is 0 Å². The fourth-order valence-corrected chi connectivity index (χ4v) is 10.5. The summed E-state index contributed by atoms with van der Waals surface area (Å²) in [7, 11) is 0. The monoisotopic (exact) mass is 1110 g/mol. The second kappa shape index (κ2) is 67.9. The molecule has 0 aliphatic heterocycles. The maximum Gasteiger partial charge on any atom is 0.306 e. The number of rotatable bonds is 65. The van der Waals surface area contributed by atoms with E-state index in [2.05, 4.69) is 69.4 Å². The Hall–Kier alpha value is -2.63. The second-order valence-corrected chi connectivity index (χ2v) is 23.8. The molecule has 0 aliphatic carbocycles. The molecule has 0 fully saturated rings. The van der Waals surface area contributed by atoms with Crippen molar-refractivity contribution < 1.29 is 28.6 Å². The van der Waals surface area contributed by atoms with E-state index in [-0.39, 0.29) is 31.1 Å². The molecule has 0 bridgehead atoms. The van der Waals surface area contributed by atoms with Gasteiger partial charge < -0.3 is 14.2 Å². The van der Waals surface area contributed by atoms with Crippen LogP contribution in [0.4, 0.5) is 0 Å². The van der Waals surface area contributed by atoms with Crippen LogP contribution in [0.1, 0.15) is 380 Å². The summed E-state index contributed by atoms with van der Waals surface area (Å²) in [6, 6.07) is 0. The topological polar surface area (TPSA) is 78.9 Å². The van der Waals surface area contributed by atoms with Gasteiger partial charge in [0.25, 0.3) is 0 Å². The molecule has 0 saturated heterocycles. The van der Waals surface area contributed by atoms with Crippen LogP contribution in [-0.4, -0.2) is 37.2 Å². The number of unbranched alkanes of at least 4 members (excludes halogenated alkanes) is 46. The maximum atomic E-state index is 12.9. The van der Waals surface area contributed by atoms with Crippen molar-refractivity contribution in [2.45, 2.75) is 386 Å². The Kier molecular flexibility index (Phi) is 65.6. The van der Waals surface area contributed by atoms with Crippen LogP contribution in [0.3, 0.4) is 0 Å². The smallest absolute Gasteiger partial charge is 0.306 e. The van der Waals surface area contributed by atoms with Gasteiger partial charge in [-0.2, -0.15) is 0 Å². The number of hydrogen-bond donors (Lipinski definition) is 0. The van der Waals surface area contributed by atoms with Gasteiger partial charge in [0.15, 0.2) is 6.10 Å². The molecular weight excluding hydrogens is 973 g/mol. The van der Waals surface area contributed by atoms with E-state index >= 15 is 0 Å². The molecule has 0 spiro atoms. The fraction of sp³-hybridized carbons (Fsp3) is 0.849. The first-order valence-electron chi connectivity index (χ1n) is 35.1. The minimum absolute atomic E-state index is 0.0714. The molecule has 0 aromatic rings. The molecule has 0 aromatic carbocycles. The Morgan fingerprint density at radius 3 is 0.722 bits per heavy atom. The van der Waals surface area contributed by atoms with Gasteiger partial charge in [0.1, 0.15) is 13.2 Å². The zero-order valence-electron chi connectivity index (χ0n) is 53.2. The number of esters is 3. The molecule has 6 nitrogen and oxygen atoms in total. The Morgan fingerprint density at radius 2 is 0.456 bits per heavy atom. The lowest BCUT2D eigenvalue weighted by Gasteiger charge is -2.18. The quantitative estimate of drug-likeness (QED) is 0.0261. The van der Waals surface area contributed by atoms with Gasteiger partial charge >= 0.3 is 17.9 Å². The molecule has 0 rings (SSSR count). The summed E-state index contributed by atoms with van der Waals surface area (Å²) < 4.78 is 17.0. The Labute approximate surface area is 492 Å². The summed E-state index contributed by atoms with van der Waals surface area (Å²) >= 11 is 0.